The zero-order valence-corrected chi connectivity index (χ0v) is 14.6. The fraction of sp³-hybridized carbons (Fsp3) is 0.312. The second kappa shape index (κ2) is 5.80. The van der Waals surface area contributed by atoms with E-state index in [1.54, 1.807) is 0 Å². The highest BCUT2D eigenvalue weighted by Gasteiger charge is 2.50. The predicted molar refractivity (Wildman–Crippen MR) is 88.5 cm³/mol. The summed E-state index contributed by atoms with van der Waals surface area (Å²) in [5, 5.41) is 10.6. The van der Waals surface area contributed by atoms with Crippen molar-refractivity contribution in [2.75, 3.05) is 13.3 Å². The van der Waals surface area contributed by atoms with Gasteiger partial charge in [-0.25, -0.2) is 8.78 Å². The zero-order chi connectivity index (χ0) is 17.7. The Balaban J connectivity index is 2.13. The highest BCUT2D eigenvalue weighted by atomic mass is 35.5. The van der Waals surface area contributed by atoms with Gasteiger partial charge in [-0.2, -0.15) is 0 Å². The van der Waals surface area contributed by atoms with Crippen LogP contribution >= 0.6 is 18.7 Å². The first-order valence-electron chi connectivity index (χ1n) is 7.15. The number of pyridine rings is 1. The van der Waals surface area contributed by atoms with Gasteiger partial charge < -0.3 is 14.4 Å². The first-order valence-corrected chi connectivity index (χ1v) is 10.1. The van der Waals surface area contributed by atoms with Crippen molar-refractivity contribution in [3.05, 3.63) is 46.7 Å². The van der Waals surface area contributed by atoms with Crippen molar-refractivity contribution in [3.63, 3.8) is 0 Å². The van der Waals surface area contributed by atoms with Crippen molar-refractivity contribution < 1.29 is 23.2 Å². The molecule has 0 aliphatic heterocycles. The van der Waals surface area contributed by atoms with Gasteiger partial charge in [0.15, 0.2) is 0 Å². The van der Waals surface area contributed by atoms with Crippen molar-refractivity contribution >= 4 is 24.0 Å². The number of alkyl halides is 2. The van der Waals surface area contributed by atoms with E-state index in [-0.39, 0.29) is 22.2 Å². The van der Waals surface area contributed by atoms with Gasteiger partial charge in [-0.3, -0.25) is 4.98 Å². The number of aliphatic hydroxyl groups is 1. The average molecular weight is 374 g/mol. The fourth-order valence-electron chi connectivity index (χ4n) is 2.80. The smallest absolute Gasteiger partial charge is 0.281 e. The molecular formula is C16H15ClF2NO3P. The largest absolute Gasteiger partial charge is 0.455 e. The Morgan fingerprint density at radius 1 is 1.38 bits per heavy atom. The summed E-state index contributed by atoms with van der Waals surface area (Å²) in [5.74, 6) is -2.88. The van der Waals surface area contributed by atoms with Crippen molar-refractivity contribution in [2.45, 2.75) is 18.4 Å². The van der Waals surface area contributed by atoms with Crippen LogP contribution in [0.3, 0.4) is 0 Å². The normalized spacial score (nSPS) is 19.2. The molecule has 0 amide bonds. The maximum Gasteiger partial charge on any atom is 0.281 e. The number of benzene rings is 1. The zero-order valence-electron chi connectivity index (χ0n) is 13.0. The maximum absolute atomic E-state index is 14.1. The Morgan fingerprint density at radius 2 is 2.08 bits per heavy atom. The molecule has 0 radical (unpaired) electrons. The Morgan fingerprint density at radius 3 is 2.71 bits per heavy atom. The van der Waals surface area contributed by atoms with Crippen LogP contribution in [-0.2, 0) is 11.0 Å². The fourth-order valence-corrected chi connectivity index (χ4v) is 4.24. The summed E-state index contributed by atoms with van der Waals surface area (Å²) < 4.78 is 46.2. The third kappa shape index (κ3) is 3.06. The molecular weight excluding hydrogens is 359 g/mol. The monoisotopic (exact) mass is 373 g/mol. The number of nitrogens with zero attached hydrogens (tertiary/aromatic N) is 1. The third-order valence-electron chi connectivity index (χ3n) is 3.86. The van der Waals surface area contributed by atoms with Crippen molar-refractivity contribution in [1.29, 1.82) is 0 Å². The van der Waals surface area contributed by atoms with E-state index in [0.29, 0.717) is 10.8 Å². The van der Waals surface area contributed by atoms with Gasteiger partial charge in [-0.15, -0.1) is 0 Å². The molecule has 1 aliphatic carbocycles. The van der Waals surface area contributed by atoms with E-state index in [9.17, 15) is 18.5 Å². The molecule has 0 saturated carbocycles. The molecule has 1 aromatic heterocycles. The van der Waals surface area contributed by atoms with E-state index in [4.69, 9.17) is 16.3 Å². The molecule has 128 valence electrons. The van der Waals surface area contributed by atoms with Gasteiger partial charge in [0.05, 0.1) is 11.2 Å². The molecule has 0 spiro atoms. The molecule has 0 fully saturated rings. The van der Waals surface area contributed by atoms with Crippen molar-refractivity contribution in [1.82, 2.24) is 4.98 Å². The minimum atomic E-state index is -3.34. The summed E-state index contributed by atoms with van der Waals surface area (Å²) in [6.07, 6.45) is 0.141. The molecule has 1 aliphatic rings. The molecule has 1 unspecified atom stereocenters. The molecule has 8 heteroatoms. The van der Waals surface area contributed by atoms with Crippen LogP contribution in [0.2, 0.25) is 5.02 Å². The van der Waals surface area contributed by atoms with E-state index in [2.05, 4.69) is 4.98 Å². The van der Waals surface area contributed by atoms with Gasteiger partial charge in [-0.1, -0.05) is 11.6 Å². The SMILES string of the molecule is CP(C)(=O)c1ccc(Oc2cncc(Cl)c2)c2c1C(O)C(F)(F)C2. The number of aliphatic hydroxyl groups excluding tert-OH is 1. The Kier molecular flexibility index (Phi) is 4.19. The molecule has 1 atom stereocenters. The summed E-state index contributed by atoms with van der Waals surface area (Å²) >= 11 is 5.84. The summed E-state index contributed by atoms with van der Waals surface area (Å²) in [7, 11) is -2.85. The lowest BCUT2D eigenvalue weighted by Crippen LogP contribution is -2.24. The summed E-state index contributed by atoms with van der Waals surface area (Å²) in [4.78, 5) is 3.88. The Hall–Kier alpha value is -1.49. The first kappa shape index (κ1) is 17.3. The summed E-state index contributed by atoms with van der Waals surface area (Å²) in [6, 6.07) is 4.46. The number of hydrogen-bond acceptors (Lipinski definition) is 4. The molecule has 1 N–H and O–H groups in total. The first-order chi connectivity index (χ1) is 11.1. The highest BCUT2D eigenvalue weighted by Crippen LogP contribution is 2.50. The topological polar surface area (TPSA) is 59.4 Å². The quantitative estimate of drug-likeness (QED) is 0.826. The summed E-state index contributed by atoms with van der Waals surface area (Å²) in [6.45, 7) is 2.96. The van der Waals surface area contributed by atoms with Gasteiger partial charge >= 0.3 is 0 Å². The number of rotatable bonds is 3. The van der Waals surface area contributed by atoms with Gasteiger partial charge in [0, 0.05) is 35.1 Å². The highest BCUT2D eigenvalue weighted by molar-refractivity contribution is 7.70. The number of aromatic nitrogens is 1. The maximum atomic E-state index is 14.1. The molecule has 1 heterocycles. The van der Waals surface area contributed by atoms with Crippen LogP contribution in [0.25, 0.3) is 0 Å². The van der Waals surface area contributed by atoms with E-state index >= 15 is 0 Å². The second-order valence-corrected chi connectivity index (χ2v) is 9.73. The van der Waals surface area contributed by atoms with E-state index in [1.807, 2.05) is 0 Å². The van der Waals surface area contributed by atoms with Crippen molar-refractivity contribution in [2.24, 2.45) is 0 Å². The van der Waals surface area contributed by atoms with Gasteiger partial charge in [-0.05, 0) is 25.5 Å². The van der Waals surface area contributed by atoms with Crippen molar-refractivity contribution in [3.8, 4) is 11.5 Å². The molecule has 3 rings (SSSR count). The lowest BCUT2D eigenvalue weighted by Gasteiger charge is -2.18. The second-order valence-electron chi connectivity index (χ2n) is 6.11. The van der Waals surface area contributed by atoms with Crippen LogP contribution in [0.5, 0.6) is 11.5 Å². The predicted octanol–water partition coefficient (Wildman–Crippen LogP) is 4.00. The van der Waals surface area contributed by atoms with Crippen LogP contribution in [0.1, 0.15) is 17.2 Å². The van der Waals surface area contributed by atoms with Gasteiger partial charge in [0.2, 0.25) is 0 Å². The summed E-state index contributed by atoms with van der Waals surface area (Å²) in [5.41, 5.74) is 0.162. The van der Waals surface area contributed by atoms with Crippen LogP contribution in [-0.4, -0.2) is 29.3 Å². The standard InChI is InChI=1S/C16H15ClF2NO3P/c1-24(2,22)13-4-3-12(23-10-5-9(17)7-20-8-10)11-6-16(18,19)15(21)14(11)13/h3-5,7-8,15,21H,6H2,1-2H3. The molecule has 2 aromatic rings. The molecule has 0 saturated heterocycles. The van der Waals surface area contributed by atoms with E-state index in [1.165, 1.54) is 43.9 Å². The number of halogens is 3. The lowest BCUT2D eigenvalue weighted by atomic mass is 10.1. The third-order valence-corrected chi connectivity index (χ3v) is 5.62. The molecule has 24 heavy (non-hydrogen) atoms. The van der Waals surface area contributed by atoms with E-state index in [0.717, 1.165) is 0 Å². The molecule has 1 aromatic carbocycles. The Labute approximate surface area is 142 Å². The van der Waals surface area contributed by atoms with Crippen LogP contribution < -0.4 is 10.0 Å². The minimum absolute atomic E-state index is 0.000760. The van der Waals surface area contributed by atoms with E-state index < -0.39 is 25.6 Å². The molecule has 0 bridgehead atoms. The number of ether oxygens (including phenoxy) is 1. The lowest BCUT2D eigenvalue weighted by molar-refractivity contribution is -0.0965. The van der Waals surface area contributed by atoms with Crippen LogP contribution in [0.4, 0.5) is 8.78 Å². The van der Waals surface area contributed by atoms with Crippen LogP contribution in [0, 0.1) is 0 Å². The van der Waals surface area contributed by atoms with Gasteiger partial charge in [0.1, 0.15) is 24.7 Å². The van der Waals surface area contributed by atoms with Gasteiger partial charge in [0.25, 0.3) is 5.92 Å². The van der Waals surface area contributed by atoms with Crippen LogP contribution in [0.15, 0.2) is 30.6 Å². The number of fused-ring (bicyclic) bond motifs is 1. The minimum Gasteiger partial charge on any atom is -0.455 e. The molecule has 4 nitrogen and oxygen atoms in total. The Bertz CT molecular complexity index is 853. The number of hydrogen-bond donors (Lipinski definition) is 1. The average Bonchev–Trinajstić information content (AvgIpc) is 2.70.